The van der Waals surface area contributed by atoms with E-state index in [-0.39, 0.29) is 0 Å². The van der Waals surface area contributed by atoms with Gasteiger partial charge in [0, 0.05) is 72.6 Å². The standard InChI is InChI=1S/C21H2/c1-3-5-7-9-11-13-15-17-19-21-20-18-16-14-12-10-8-6-4-2/h1H2. The minimum Gasteiger partial charge on any atom is -0.0881 e. The van der Waals surface area contributed by atoms with Crippen molar-refractivity contribution in [3.8, 4) is 112 Å². The lowest BCUT2D eigenvalue weighted by molar-refractivity contribution is 2.31. The second-order valence-corrected chi connectivity index (χ2v) is 2.43. The van der Waals surface area contributed by atoms with Gasteiger partial charge in [-0.15, -0.1) is 0 Å². The van der Waals surface area contributed by atoms with Crippen LogP contribution in [0, 0.1) is 126 Å². The van der Waals surface area contributed by atoms with Crippen LogP contribution in [0.1, 0.15) is 0 Å². The number of rotatable bonds is 0. The van der Waals surface area contributed by atoms with Crippen molar-refractivity contribution >= 4 is 0 Å². The van der Waals surface area contributed by atoms with Crippen molar-refractivity contribution in [1.29, 1.82) is 0 Å². The van der Waals surface area contributed by atoms with Gasteiger partial charge in [-0.05, 0) is 47.4 Å². The molecule has 0 aromatic carbocycles. The first-order valence-electron chi connectivity index (χ1n) is 5.10. The Hall–Kier alpha value is -4.40. The highest BCUT2D eigenvalue weighted by Crippen LogP contribution is 1.58. The smallest absolute Gasteiger partial charge is 0.0209 e. The Kier molecular flexibility index (Phi) is 12.3. The van der Waals surface area contributed by atoms with Gasteiger partial charge in [-0.3, -0.25) is 0 Å². The molecule has 0 heterocycles. The zero-order chi connectivity index (χ0) is 15.4. The van der Waals surface area contributed by atoms with Gasteiger partial charge < -0.3 is 0 Å². The topological polar surface area (TPSA) is 0 Å². The molecule has 0 nitrogen and oxygen atoms in total. The first-order valence-corrected chi connectivity index (χ1v) is 5.10. The molecule has 0 aliphatic rings. The first kappa shape index (κ1) is 16.6. The zero-order valence-electron chi connectivity index (χ0n) is 10.7. The molecule has 0 aliphatic heterocycles. The van der Waals surface area contributed by atoms with Gasteiger partial charge in [0.1, 0.15) is 0 Å². The minimum atomic E-state index is 1.87. The third kappa shape index (κ3) is 15.6. The van der Waals surface area contributed by atoms with Gasteiger partial charge in [-0.2, -0.15) is 0 Å². The molecule has 0 spiro atoms. The summed E-state index contributed by atoms with van der Waals surface area (Å²) in [5, 5.41) is 0. The summed E-state index contributed by atoms with van der Waals surface area (Å²) in [6.45, 7) is 3.29. The average Bonchev–Trinajstić information content (AvgIpc) is 2.50. The summed E-state index contributed by atoms with van der Waals surface area (Å²) < 4.78 is 0. The van der Waals surface area contributed by atoms with Crippen LogP contribution >= 0.6 is 0 Å². The molecule has 21 heavy (non-hydrogen) atoms. The third-order valence-electron chi connectivity index (χ3n) is 1.15. The summed E-state index contributed by atoms with van der Waals surface area (Å²) in [6.07, 6.45) is 6.49. The van der Waals surface area contributed by atoms with Gasteiger partial charge in [0.25, 0.3) is 0 Å². The van der Waals surface area contributed by atoms with Crippen molar-refractivity contribution in [1.82, 2.24) is 0 Å². The zero-order valence-corrected chi connectivity index (χ0v) is 10.7. The van der Waals surface area contributed by atoms with Crippen LogP contribution in [0.15, 0.2) is 0 Å². The molecule has 0 saturated carbocycles. The molecule has 0 saturated heterocycles. The van der Waals surface area contributed by atoms with Crippen molar-refractivity contribution in [2.45, 2.75) is 0 Å². The van der Waals surface area contributed by atoms with Gasteiger partial charge in [0.2, 0.25) is 0 Å². The van der Waals surface area contributed by atoms with E-state index in [1.54, 1.807) is 0 Å². The van der Waals surface area contributed by atoms with E-state index in [1.807, 2.05) is 5.92 Å². The molecule has 0 bridgehead atoms. The second kappa shape index (κ2) is 15.6. The highest BCUT2D eigenvalue weighted by atomic mass is 13.6. The fourth-order valence-electron chi connectivity index (χ4n) is 0.544. The largest absolute Gasteiger partial charge is 0.0881 e. The van der Waals surface area contributed by atoms with Crippen LogP contribution in [-0.2, 0) is 0 Å². The lowest BCUT2D eigenvalue weighted by Gasteiger charge is -1.56. The van der Waals surface area contributed by atoms with Gasteiger partial charge in [-0.25, -0.2) is 0 Å². The molecule has 0 aliphatic carbocycles. The fraction of sp³-hybridized carbons (Fsp3) is 0. The second-order valence-electron chi connectivity index (χ2n) is 2.43. The Morgan fingerprint density at radius 2 is 0.619 bits per heavy atom. The molecule has 86 valence electrons. The maximum Gasteiger partial charge on any atom is 0.0209 e. The predicted molar refractivity (Wildman–Crippen MR) is 82.5 cm³/mol. The lowest BCUT2D eigenvalue weighted by atomic mass is 10.4. The molecular weight excluding hydrogens is 252 g/mol. The Labute approximate surface area is 126 Å². The molecular formula is C21H2. The Morgan fingerprint density at radius 3 is 0.857 bits per heavy atom. The molecule has 0 aromatic heterocycles. The Bertz CT molecular complexity index is 983. The van der Waals surface area contributed by atoms with Crippen LogP contribution < -0.4 is 0 Å². The highest BCUT2D eigenvalue weighted by molar-refractivity contribution is 5.46. The van der Waals surface area contributed by atoms with E-state index in [0.29, 0.717) is 0 Å². The monoisotopic (exact) mass is 254 g/mol. The van der Waals surface area contributed by atoms with Crippen molar-refractivity contribution in [3.63, 3.8) is 0 Å². The van der Waals surface area contributed by atoms with Crippen LogP contribution in [0.3, 0.4) is 0 Å². The Morgan fingerprint density at radius 1 is 0.381 bits per heavy atom. The van der Waals surface area contributed by atoms with E-state index in [9.17, 15) is 0 Å². The average molecular weight is 254 g/mol. The van der Waals surface area contributed by atoms with E-state index in [4.69, 9.17) is 6.42 Å². The molecule has 0 rings (SSSR count). The van der Waals surface area contributed by atoms with E-state index < -0.39 is 0 Å². The molecule has 0 aromatic rings. The first-order chi connectivity index (χ1) is 10.4. The summed E-state index contributed by atoms with van der Waals surface area (Å²) in [7, 11) is 0. The van der Waals surface area contributed by atoms with Crippen molar-refractivity contribution < 1.29 is 0 Å². The SMILES string of the molecule is [C]#CC#CC#CC#CC#CC#CC#CC#CC#CC#C[CH2]. The van der Waals surface area contributed by atoms with Crippen LogP contribution in [0.25, 0.3) is 0 Å². The number of hydrogen-bond acceptors (Lipinski definition) is 0. The van der Waals surface area contributed by atoms with Crippen LogP contribution in [-0.4, -0.2) is 0 Å². The fourth-order valence-corrected chi connectivity index (χ4v) is 0.544. The summed E-state index contributed by atoms with van der Waals surface area (Å²) in [4.78, 5) is 0. The molecule has 0 heteroatoms. The van der Waals surface area contributed by atoms with Crippen LogP contribution in [0.4, 0.5) is 0 Å². The minimum absolute atomic E-state index is 1.87. The van der Waals surface area contributed by atoms with Gasteiger partial charge >= 0.3 is 0 Å². The predicted octanol–water partition coefficient (Wildman–Crippen LogP) is 0.441. The van der Waals surface area contributed by atoms with Crippen LogP contribution in [0.2, 0.25) is 0 Å². The summed E-state index contributed by atoms with van der Waals surface area (Å²) in [5.74, 6) is 45.7. The summed E-state index contributed by atoms with van der Waals surface area (Å²) >= 11 is 0. The Balaban J connectivity index is 4.35. The van der Waals surface area contributed by atoms with Crippen LogP contribution in [0.5, 0.6) is 0 Å². The lowest BCUT2D eigenvalue weighted by Crippen LogP contribution is -1.56. The van der Waals surface area contributed by atoms with Gasteiger partial charge in [0.05, 0.1) is 0 Å². The third-order valence-corrected chi connectivity index (χ3v) is 1.15. The van der Waals surface area contributed by atoms with Gasteiger partial charge in [-0.1, -0.05) is 5.92 Å². The van der Waals surface area contributed by atoms with Crippen molar-refractivity contribution in [3.05, 3.63) is 13.3 Å². The van der Waals surface area contributed by atoms with E-state index in [2.05, 4.69) is 113 Å². The normalized spacial score (nSPS) is 3.81. The molecule has 0 fully saturated rings. The van der Waals surface area contributed by atoms with Crippen molar-refractivity contribution in [2.75, 3.05) is 0 Å². The molecule has 0 N–H and O–H groups in total. The maximum absolute atomic E-state index is 6.49. The van der Waals surface area contributed by atoms with Gasteiger partial charge in [0.15, 0.2) is 0 Å². The molecule has 0 atom stereocenters. The summed E-state index contributed by atoms with van der Waals surface area (Å²) in [6, 6.07) is 0. The number of hydrogen-bond donors (Lipinski definition) is 0. The van der Waals surface area contributed by atoms with E-state index >= 15 is 0 Å². The highest BCUT2D eigenvalue weighted by Gasteiger charge is 1.58. The molecule has 0 unspecified atom stereocenters. The molecule has 0 amide bonds. The molecule has 2 radical (unpaired) electrons. The van der Waals surface area contributed by atoms with E-state index in [0.717, 1.165) is 0 Å². The maximum atomic E-state index is 6.49. The summed E-state index contributed by atoms with van der Waals surface area (Å²) in [5.41, 5.74) is 0. The van der Waals surface area contributed by atoms with E-state index in [1.165, 1.54) is 0 Å². The van der Waals surface area contributed by atoms with Crippen molar-refractivity contribution in [2.24, 2.45) is 0 Å². The quantitative estimate of drug-likeness (QED) is 0.550.